The molecule has 0 aromatic heterocycles. The van der Waals surface area contributed by atoms with Gasteiger partial charge in [-0.1, -0.05) is 6.08 Å². The number of alkyl halides is 1. The van der Waals surface area contributed by atoms with Gasteiger partial charge in [0.25, 0.3) is 0 Å². The molecule has 0 N–H and O–H groups in total. The van der Waals surface area contributed by atoms with E-state index in [-0.39, 0.29) is 0 Å². The Labute approximate surface area is 61.2 Å². The highest BCUT2D eigenvalue weighted by molar-refractivity contribution is 5.18. The van der Waals surface area contributed by atoms with Crippen molar-refractivity contribution in [2.75, 3.05) is 0 Å². The maximum Gasteiger partial charge on any atom is 0.384 e. The highest BCUT2D eigenvalue weighted by atomic mass is 19.2. The van der Waals surface area contributed by atoms with Crippen molar-refractivity contribution in [3.63, 3.8) is 0 Å². The molecule has 1 rings (SSSR count). The van der Waals surface area contributed by atoms with Gasteiger partial charge in [-0.05, 0) is 6.08 Å². The lowest BCUT2D eigenvalue weighted by Gasteiger charge is -2.13. The predicted octanol–water partition coefficient (Wildman–Crippen LogP) is 1.74. The molecule has 0 aromatic carbocycles. The standard InChI is InChI=1S/C6H5F2NO2/c7-5-2-1-3-6(8,4-5)9(10)11/h1-3H,4H2. The van der Waals surface area contributed by atoms with Crippen molar-refractivity contribution < 1.29 is 13.7 Å². The predicted molar refractivity (Wildman–Crippen MR) is 33.8 cm³/mol. The van der Waals surface area contributed by atoms with Crippen LogP contribution < -0.4 is 0 Å². The van der Waals surface area contributed by atoms with E-state index in [2.05, 4.69) is 0 Å². The van der Waals surface area contributed by atoms with Gasteiger partial charge in [0.15, 0.2) is 0 Å². The Morgan fingerprint density at radius 2 is 2.36 bits per heavy atom. The Kier molecular flexibility index (Phi) is 1.72. The van der Waals surface area contributed by atoms with Crippen LogP contribution in [0.15, 0.2) is 24.1 Å². The number of hydrogen-bond donors (Lipinski definition) is 0. The minimum Gasteiger partial charge on any atom is -0.261 e. The molecule has 11 heavy (non-hydrogen) atoms. The summed E-state index contributed by atoms with van der Waals surface area (Å²) in [5, 5.41) is 10.0. The van der Waals surface area contributed by atoms with E-state index in [1.165, 1.54) is 0 Å². The number of hydrogen-bond acceptors (Lipinski definition) is 2. The third-order valence-electron chi connectivity index (χ3n) is 1.35. The summed E-state index contributed by atoms with van der Waals surface area (Å²) in [6.45, 7) is 0. The van der Waals surface area contributed by atoms with Crippen molar-refractivity contribution in [1.82, 2.24) is 0 Å². The number of allylic oxidation sites excluding steroid dienone is 2. The molecule has 1 aliphatic carbocycles. The van der Waals surface area contributed by atoms with Gasteiger partial charge in [0, 0.05) is 6.08 Å². The Morgan fingerprint density at radius 1 is 1.73 bits per heavy atom. The molecule has 0 amide bonds. The molecule has 0 heterocycles. The number of halogens is 2. The van der Waals surface area contributed by atoms with Crippen LogP contribution in [0.25, 0.3) is 0 Å². The third kappa shape index (κ3) is 1.42. The van der Waals surface area contributed by atoms with Crippen LogP contribution >= 0.6 is 0 Å². The van der Waals surface area contributed by atoms with Crippen LogP contribution in [0.3, 0.4) is 0 Å². The molecular weight excluding hydrogens is 156 g/mol. The fourth-order valence-electron chi connectivity index (χ4n) is 0.780. The van der Waals surface area contributed by atoms with Crippen molar-refractivity contribution >= 4 is 0 Å². The molecule has 0 aliphatic heterocycles. The summed E-state index contributed by atoms with van der Waals surface area (Å²) in [7, 11) is 0. The average Bonchev–Trinajstić information content (AvgIpc) is 1.86. The molecule has 3 nitrogen and oxygen atoms in total. The zero-order valence-electron chi connectivity index (χ0n) is 5.46. The Bertz CT molecular complexity index is 249. The van der Waals surface area contributed by atoms with Crippen LogP contribution in [0.5, 0.6) is 0 Å². The molecule has 0 saturated carbocycles. The second-order valence-electron chi connectivity index (χ2n) is 2.23. The van der Waals surface area contributed by atoms with E-state index in [0.717, 1.165) is 18.2 Å². The number of nitro groups is 1. The van der Waals surface area contributed by atoms with Gasteiger partial charge in [0.2, 0.25) is 0 Å². The molecule has 0 spiro atoms. The highest BCUT2D eigenvalue weighted by Gasteiger charge is 2.42. The summed E-state index contributed by atoms with van der Waals surface area (Å²) >= 11 is 0. The molecule has 0 saturated heterocycles. The minimum absolute atomic E-state index is 0.732. The first-order valence-electron chi connectivity index (χ1n) is 2.92. The summed E-state index contributed by atoms with van der Waals surface area (Å²) < 4.78 is 25.2. The van der Waals surface area contributed by atoms with Crippen LogP contribution in [0.1, 0.15) is 6.42 Å². The van der Waals surface area contributed by atoms with E-state index in [4.69, 9.17) is 0 Å². The van der Waals surface area contributed by atoms with Crippen LogP contribution in [-0.4, -0.2) is 10.7 Å². The van der Waals surface area contributed by atoms with E-state index in [1.54, 1.807) is 0 Å². The fraction of sp³-hybridized carbons (Fsp3) is 0.333. The first kappa shape index (κ1) is 7.84. The lowest BCUT2D eigenvalue weighted by molar-refractivity contribution is -0.589. The van der Waals surface area contributed by atoms with E-state index in [0.29, 0.717) is 0 Å². The molecule has 0 radical (unpaired) electrons. The van der Waals surface area contributed by atoms with Gasteiger partial charge < -0.3 is 0 Å². The van der Waals surface area contributed by atoms with Gasteiger partial charge in [0.1, 0.15) is 12.2 Å². The van der Waals surface area contributed by atoms with Crippen molar-refractivity contribution in [2.45, 2.75) is 12.2 Å². The van der Waals surface area contributed by atoms with Crippen molar-refractivity contribution in [3.05, 3.63) is 34.2 Å². The quantitative estimate of drug-likeness (QED) is 0.334. The molecule has 1 atom stereocenters. The number of rotatable bonds is 1. The second-order valence-corrected chi connectivity index (χ2v) is 2.23. The first-order valence-corrected chi connectivity index (χ1v) is 2.92. The summed E-state index contributed by atoms with van der Waals surface area (Å²) in [5.41, 5.74) is 0. The minimum atomic E-state index is -2.75. The second kappa shape index (κ2) is 2.41. The van der Waals surface area contributed by atoms with E-state index < -0.39 is 23.0 Å². The Balaban J connectivity index is 2.86. The maximum absolute atomic E-state index is 12.9. The average molecular weight is 161 g/mol. The van der Waals surface area contributed by atoms with Crippen LogP contribution in [0.2, 0.25) is 0 Å². The molecular formula is C6H5F2NO2. The molecule has 1 aliphatic rings. The van der Waals surface area contributed by atoms with E-state index in [9.17, 15) is 18.9 Å². The molecule has 5 heteroatoms. The van der Waals surface area contributed by atoms with Crippen molar-refractivity contribution in [2.24, 2.45) is 0 Å². The van der Waals surface area contributed by atoms with Gasteiger partial charge >= 0.3 is 5.79 Å². The summed E-state index contributed by atoms with van der Waals surface area (Å²) in [6, 6.07) is 0. The Morgan fingerprint density at radius 3 is 2.73 bits per heavy atom. The third-order valence-corrected chi connectivity index (χ3v) is 1.35. The van der Waals surface area contributed by atoms with Crippen LogP contribution in [-0.2, 0) is 0 Å². The van der Waals surface area contributed by atoms with E-state index >= 15 is 0 Å². The number of nitrogens with zero attached hydrogens (tertiary/aromatic N) is 1. The Hall–Kier alpha value is -1.26. The molecule has 0 aromatic rings. The van der Waals surface area contributed by atoms with Gasteiger partial charge in [-0.3, -0.25) is 10.1 Å². The zero-order chi connectivity index (χ0) is 8.48. The summed E-state index contributed by atoms with van der Waals surface area (Å²) in [5.74, 6) is -3.56. The van der Waals surface area contributed by atoms with Crippen LogP contribution in [0, 0.1) is 10.1 Å². The normalized spacial score (nSPS) is 29.8. The molecule has 1 unspecified atom stereocenters. The van der Waals surface area contributed by atoms with Crippen LogP contribution in [0.4, 0.5) is 8.78 Å². The lowest BCUT2D eigenvalue weighted by atomic mass is 10.1. The van der Waals surface area contributed by atoms with Gasteiger partial charge in [-0.15, -0.1) is 0 Å². The topological polar surface area (TPSA) is 43.1 Å². The van der Waals surface area contributed by atoms with E-state index in [1.807, 2.05) is 0 Å². The van der Waals surface area contributed by atoms with Gasteiger partial charge in [-0.2, -0.15) is 4.39 Å². The molecule has 60 valence electrons. The first-order chi connectivity index (χ1) is 5.04. The van der Waals surface area contributed by atoms with Gasteiger partial charge in [-0.25, -0.2) is 4.39 Å². The van der Waals surface area contributed by atoms with Crippen molar-refractivity contribution in [1.29, 1.82) is 0 Å². The lowest BCUT2D eigenvalue weighted by Crippen LogP contribution is -2.31. The molecule has 0 bridgehead atoms. The van der Waals surface area contributed by atoms with Gasteiger partial charge in [0.05, 0.1) is 4.92 Å². The maximum atomic E-state index is 12.9. The molecule has 0 fully saturated rings. The highest BCUT2D eigenvalue weighted by Crippen LogP contribution is 2.27. The fourth-order valence-corrected chi connectivity index (χ4v) is 0.780. The smallest absolute Gasteiger partial charge is 0.261 e. The summed E-state index contributed by atoms with van der Waals surface area (Å²) in [6.07, 6.45) is 1.93. The monoisotopic (exact) mass is 161 g/mol. The zero-order valence-corrected chi connectivity index (χ0v) is 5.46. The summed E-state index contributed by atoms with van der Waals surface area (Å²) in [4.78, 5) is 8.86. The van der Waals surface area contributed by atoms with Crippen molar-refractivity contribution in [3.8, 4) is 0 Å². The SMILES string of the molecule is O=[N+]([O-])C1(F)C=CC=C(F)C1. The largest absolute Gasteiger partial charge is 0.384 e.